The van der Waals surface area contributed by atoms with Crippen LogP contribution in [0.25, 0.3) is 0 Å². The molecule has 0 aromatic heterocycles. The van der Waals surface area contributed by atoms with E-state index in [2.05, 4.69) is 5.32 Å². The van der Waals surface area contributed by atoms with Crippen molar-refractivity contribution in [3.05, 3.63) is 29.8 Å². The molecule has 0 aliphatic rings. The highest BCUT2D eigenvalue weighted by molar-refractivity contribution is 5.80. The molecule has 0 saturated carbocycles. The Morgan fingerprint density at radius 3 is 2.50 bits per heavy atom. The van der Waals surface area contributed by atoms with Gasteiger partial charge in [-0.15, -0.1) is 0 Å². The maximum atomic E-state index is 11.7. The van der Waals surface area contributed by atoms with Crippen molar-refractivity contribution in [2.45, 2.75) is 32.4 Å². The lowest BCUT2D eigenvalue weighted by molar-refractivity contribution is -0.127. The number of nitrogens with one attached hydrogen (secondary N) is 1. The molecule has 112 valence electrons. The van der Waals surface area contributed by atoms with E-state index in [-0.39, 0.29) is 11.9 Å². The second kappa shape index (κ2) is 8.55. The van der Waals surface area contributed by atoms with Gasteiger partial charge in [0.25, 0.3) is 5.91 Å². The zero-order valence-corrected chi connectivity index (χ0v) is 12.4. The quantitative estimate of drug-likeness (QED) is 0.700. The summed E-state index contributed by atoms with van der Waals surface area (Å²) in [6, 6.07) is 7.78. The predicted molar refractivity (Wildman–Crippen MR) is 78.8 cm³/mol. The van der Waals surface area contributed by atoms with Gasteiger partial charge in [0, 0.05) is 19.7 Å². The second-order valence-electron chi connectivity index (χ2n) is 4.87. The first-order valence-electron chi connectivity index (χ1n) is 6.80. The third kappa shape index (κ3) is 6.04. The number of hydrogen-bond donors (Lipinski definition) is 2. The van der Waals surface area contributed by atoms with Crippen LogP contribution in [0.5, 0.6) is 5.75 Å². The number of amides is 1. The van der Waals surface area contributed by atoms with Crippen molar-refractivity contribution in [3.63, 3.8) is 0 Å². The lowest BCUT2D eigenvalue weighted by Crippen LogP contribution is -2.37. The van der Waals surface area contributed by atoms with E-state index in [1.54, 1.807) is 14.0 Å². The number of carbonyl (C=O) groups excluding carboxylic acids is 1. The van der Waals surface area contributed by atoms with Gasteiger partial charge in [0.1, 0.15) is 5.75 Å². The minimum Gasteiger partial charge on any atom is -0.481 e. The first-order chi connectivity index (χ1) is 9.52. The summed E-state index contributed by atoms with van der Waals surface area (Å²) < 4.78 is 10.5. The lowest BCUT2D eigenvalue weighted by Gasteiger charge is -2.15. The highest BCUT2D eigenvalue weighted by Crippen LogP contribution is 2.14. The topological polar surface area (TPSA) is 73.6 Å². The van der Waals surface area contributed by atoms with Gasteiger partial charge in [0.05, 0.1) is 6.61 Å². The Bertz CT molecular complexity index is 404. The maximum absolute atomic E-state index is 11.7. The standard InChI is InChI=1S/C15H24N2O3/c1-11(16)10-13-4-6-14(7-5-13)20-12(2)15(18)17-8-9-19-3/h4-7,11-12H,8-10,16H2,1-3H3,(H,17,18). The smallest absolute Gasteiger partial charge is 0.260 e. The molecule has 0 aliphatic heterocycles. The van der Waals surface area contributed by atoms with E-state index in [1.807, 2.05) is 31.2 Å². The van der Waals surface area contributed by atoms with Crippen LogP contribution in [0.3, 0.4) is 0 Å². The molecule has 0 saturated heterocycles. The molecular formula is C15H24N2O3. The fourth-order valence-electron chi connectivity index (χ4n) is 1.75. The molecule has 2 atom stereocenters. The molecule has 0 spiro atoms. The minimum atomic E-state index is -0.536. The Hall–Kier alpha value is -1.59. The van der Waals surface area contributed by atoms with Gasteiger partial charge in [0.2, 0.25) is 0 Å². The average molecular weight is 280 g/mol. The van der Waals surface area contributed by atoms with Gasteiger partial charge in [-0.1, -0.05) is 12.1 Å². The summed E-state index contributed by atoms with van der Waals surface area (Å²) in [5.41, 5.74) is 6.90. The first-order valence-corrected chi connectivity index (χ1v) is 6.80. The van der Waals surface area contributed by atoms with Crippen molar-refractivity contribution >= 4 is 5.91 Å². The molecular weight excluding hydrogens is 256 g/mol. The van der Waals surface area contributed by atoms with E-state index in [4.69, 9.17) is 15.2 Å². The van der Waals surface area contributed by atoms with Crippen molar-refractivity contribution < 1.29 is 14.3 Å². The van der Waals surface area contributed by atoms with Crippen LogP contribution in [0.4, 0.5) is 0 Å². The van der Waals surface area contributed by atoms with Crippen LogP contribution in [0, 0.1) is 0 Å². The molecule has 5 heteroatoms. The molecule has 3 N–H and O–H groups in total. The molecule has 1 aromatic rings. The zero-order valence-electron chi connectivity index (χ0n) is 12.4. The largest absolute Gasteiger partial charge is 0.481 e. The number of methoxy groups -OCH3 is 1. The number of benzene rings is 1. The monoisotopic (exact) mass is 280 g/mol. The van der Waals surface area contributed by atoms with Crippen molar-refractivity contribution in [3.8, 4) is 5.75 Å². The Morgan fingerprint density at radius 1 is 1.30 bits per heavy atom. The van der Waals surface area contributed by atoms with E-state index >= 15 is 0 Å². The Labute approximate surface area is 120 Å². The third-order valence-corrected chi connectivity index (χ3v) is 2.77. The average Bonchev–Trinajstić information content (AvgIpc) is 2.40. The summed E-state index contributed by atoms with van der Waals surface area (Å²) in [6.45, 7) is 4.66. The summed E-state index contributed by atoms with van der Waals surface area (Å²) in [5, 5.41) is 2.74. The summed E-state index contributed by atoms with van der Waals surface area (Å²) >= 11 is 0. The number of rotatable bonds is 8. The number of ether oxygens (including phenoxy) is 2. The molecule has 0 fully saturated rings. The minimum absolute atomic E-state index is 0.132. The molecule has 0 aliphatic carbocycles. The van der Waals surface area contributed by atoms with E-state index < -0.39 is 6.10 Å². The van der Waals surface area contributed by atoms with Crippen LogP contribution >= 0.6 is 0 Å². The van der Waals surface area contributed by atoms with E-state index in [0.717, 1.165) is 12.0 Å². The number of hydrogen-bond acceptors (Lipinski definition) is 4. The first kappa shape index (κ1) is 16.5. The van der Waals surface area contributed by atoms with Gasteiger partial charge in [-0.25, -0.2) is 0 Å². The summed E-state index contributed by atoms with van der Waals surface area (Å²) in [6.07, 6.45) is 0.291. The number of carbonyl (C=O) groups is 1. The van der Waals surface area contributed by atoms with Crippen LogP contribution in [-0.2, 0) is 16.0 Å². The van der Waals surface area contributed by atoms with Crippen LogP contribution < -0.4 is 15.8 Å². The molecule has 0 heterocycles. The van der Waals surface area contributed by atoms with Crippen LogP contribution in [-0.4, -0.2) is 38.3 Å². The molecule has 1 rings (SSSR count). The summed E-state index contributed by atoms with van der Waals surface area (Å²) in [7, 11) is 1.59. The lowest BCUT2D eigenvalue weighted by atomic mass is 10.1. The summed E-state index contributed by atoms with van der Waals surface area (Å²) in [4.78, 5) is 11.7. The Kier molecular flexibility index (Phi) is 7.04. The second-order valence-corrected chi connectivity index (χ2v) is 4.87. The maximum Gasteiger partial charge on any atom is 0.260 e. The molecule has 1 amide bonds. The van der Waals surface area contributed by atoms with E-state index in [1.165, 1.54) is 0 Å². The van der Waals surface area contributed by atoms with E-state index in [9.17, 15) is 4.79 Å². The number of nitrogens with two attached hydrogens (primary N) is 1. The SMILES string of the molecule is COCCNC(=O)C(C)Oc1ccc(CC(C)N)cc1. The van der Waals surface area contributed by atoms with Crippen LogP contribution in [0.1, 0.15) is 19.4 Å². The highest BCUT2D eigenvalue weighted by Gasteiger charge is 2.13. The fourth-order valence-corrected chi connectivity index (χ4v) is 1.75. The van der Waals surface area contributed by atoms with Crippen molar-refractivity contribution in [2.24, 2.45) is 5.73 Å². The van der Waals surface area contributed by atoms with Gasteiger partial charge >= 0.3 is 0 Å². The Morgan fingerprint density at radius 2 is 1.95 bits per heavy atom. The van der Waals surface area contributed by atoms with Crippen LogP contribution in [0.15, 0.2) is 24.3 Å². The van der Waals surface area contributed by atoms with Crippen molar-refractivity contribution in [1.29, 1.82) is 0 Å². The van der Waals surface area contributed by atoms with Gasteiger partial charge < -0.3 is 20.5 Å². The predicted octanol–water partition coefficient (Wildman–Crippen LogP) is 1.11. The van der Waals surface area contributed by atoms with Gasteiger partial charge in [-0.05, 0) is 38.0 Å². The molecule has 0 radical (unpaired) electrons. The fraction of sp³-hybridized carbons (Fsp3) is 0.533. The van der Waals surface area contributed by atoms with Crippen molar-refractivity contribution in [1.82, 2.24) is 5.32 Å². The van der Waals surface area contributed by atoms with Gasteiger partial charge in [-0.2, -0.15) is 0 Å². The highest BCUT2D eigenvalue weighted by atomic mass is 16.5. The normalized spacial score (nSPS) is 13.6. The van der Waals surface area contributed by atoms with Crippen molar-refractivity contribution in [2.75, 3.05) is 20.3 Å². The van der Waals surface area contributed by atoms with Gasteiger partial charge in [-0.3, -0.25) is 4.79 Å². The summed E-state index contributed by atoms with van der Waals surface area (Å²) in [5.74, 6) is 0.523. The van der Waals surface area contributed by atoms with E-state index in [0.29, 0.717) is 18.9 Å². The molecule has 1 aromatic carbocycles. The van der Waals surface area contributed by atoms with Crippen LogP contribution in [0.2, 0.25) is 0 Å². The molecule has 2 unspecified atom stereocenters. The zero-order chi connectivity index (χ0) is 15.0. The van der Waals surface area contributed by atoms with Gasteiger partial charge in [0.15, 0.2) is 6.10 Å². The molecule has 5 nitrogen and oxygen atoms in total. The third-order valence-electron chi connectivity index (χ3n) is 2.77. The molecule has 20 heavy (non-hydrogen) atoms. The Balaban J connectivity index is 2.45. The molecule has 0 bridgehead atoms.